The van der Waals surface area contributed by atoms with E-state index in [2.05, 4.69) is 4.98 Å². The number of alkyl halides is 3. The van der Waals surface area contributed by atoms with E-state index in [1.54, 1.807) is 18.2 Å². The number of hydrogen-bond acceptors (Lipinski definition) is 1. The van der Waals surface area contributed by atoms with Crippen LogP contribution >= 0.6 is 23.2 Å². The van der Waals surface area contributed by atoms with E-state index in [9.17, 15) is 13.2 Å². The van der Waals surface area contributed by atoms with Gasteiger partial charge in [-0.15, -0.1) is 0 Å². The molecule has 0 aliphatic carbocycles. The third kappa shape index (κ3) is 3.61. The lowest BCUT2D eigenvalue weighted by Gasteiger charge is -2.09. The van der Waals surface area contributed by atoms with Crippen molar-refractivity contribution in [3.63, 3.8) is 0 Å². The van der Waals surface area contributed by atoms with Gasteiger partial charge >= 0.3 is 6.18 Å². The molecule has 19 heavy (non-hydrogen) atoms. The Hall–Kier alpha value is -1.26. The Morgan fingerprint density at radius 2 is 1.84 bits per heavy atom. The molecular weight excluding hydrogens is 298 g/mol. The van der Waals surface area contributed by atoms with E-state index >= 15 is 0 Å². The largest absolute Gasteiger partial charge is 0.417 e. The maximum Gasteiger partial charge on any atom is 0.417 e. The highest BCUT2D eigenvalue weighted by atomic mass is 35.5. The lowest BCUT2D eigenvalue weighted by atomic mass is 10.1. The highest BCUT2D eigenvalue weighted by molar-refractivity contribution is 6.31. The third-order valence-corrected chi connectivity index (χ3v) is 3.07. The minimum absolute atomic E-state index is 0.00481. The van der Waals surface area contributed by atoms with Crippen molar-refractivity contribution in [2.24, 2.45) is 0 Å². The van der Waals surface area contributed by atoms with Crippen LogP contribution in [0.3, 0.4) is 0 Å². The summed E-state index contributed by atoms with van der Waals surface area (Å²) in [6, 6.07) is 7.88. The van der Waals surface area contributed by atoms with Crippen LogP contribution in [0.4, 0.5) is 13.2 Å². The molecule has 6 heteroatoms. The number of halogens is 5. The second kappa shape index (κ2) is 5.39. The molecule has 100 valence electrons. The van der Waals surface area contributed by atoms with E-state index in [-0.39, 0.29) is 5.02 Å². The predicted octanol–water partition coefficient (Wildman–Crippen LogP) is 5.00. The maximum atomic E-state index is 12.5. The first-order chi connectivity index (χ1) is 8.86. The van der Waals surface area contributed by atoms with Gasteiger partial charge in [0.15, 0.2) is 0 Å². The van der Waals surface area contributed by atoms with Gasteiger partial charge in [0.25, 0.3) is 0 Å². The zero-order valence-corrected chi connectivity index (χ0v) is 11.0. The normalized spacial score (nSPS) is 11.6. The van der Waals surface area contributed by atoms with Gasteiger partial charge in [-0.05, 0) is 23.8 Å². The van der Waals surface area contributed by atoms with Crippen molar-refractivity contribution in [2.75, 3.05) is 0 Å². The molecule has 0 bridgehead atoms. The van der Waals surface area contributed by atoms with Crippen LogP contribution in [0.2, 0.25) is 10.0 Å². The number of benzene rings is 1. The SMILES string of the molecule is FC(F)(F)c1cnc(Cc2cccc(Cl)c2)c(Cl)c1. The fourth-order valence-corrected chi connectivity index (χ4v) is 2.04. The van der Waals surface area contributed by atoms with Gasteiger partial charge in [-0.3, -0.25) is 4.98 Å². The minimum Gasteiger partial charge on any atom is -0.259 e. The number of rotatable bonds is 2. The van der Waals surface area contributed by atoms with E-state index in [0.717, 1.165) is 17.8 Å². The molecule has 0 aliphatic rings. The molecule has 0 saturated heterocycles. The van der Waals surface area contributed by atoms with E-state index in [1.165, 1.54) is 0 Å². The topological polar surface area (TPSA) is 12.9 Å². The summed E-state index contributed by atoms with van der Waals surface area (Å²) >= 11 is 11.7. The van der Waals surface area contributed by atoms with Crippen LogP contribution in [0.5, 0.6) is 0 Å². The van der Waals surface area contributed by atoms with Crippen molar-refractivity contribution in [2.45, 2.75) is 12.6 Å². The summed E-state index contributed by atoms with van der Waals surface area (Å²) in [6.07, 6.45) is -3.32. The molecule has 0 spiro atoms. The number of pyridine rings is 1. The highest BCUT2D eigenvalue weighted by Gasteiger charge is 2.31. The van der Waals surface area contributed by atoms with E-state index in [1.807, 2.05) is 6.07 Å². The van der Waals surface area contributed by atoms with Gasteiger partial charge in [-0.25, -0.2) is 0 Å². The van der Waals surface area contributed by atoms with Crippen LogP contribution in [0, 0.1) is 0 Å². The molecule has 0 unspecified atom stereocenters. The Kier molecular flexibility index (Phi) is 4.02. The standard InChI is InChI=1S/C13H8Cl2F3N/c14-10-3-1-2-8(4-10)5-12-11(15)6-9(7-19-12)13(16,17)18/h1-4,6-7H,5H2. The monoisotopic (exact) mass is 305 g/mol. The molecule has 0 fully saturated rings. The molecule has 2 aromatic rings. The van der Waals surface area contributed by atoms with Crippen LogP contribution in [-0.4, -0.2) is 4.98 Å². The summed E-state index contributed by atoms with van der Waals surface area (Å²) in [6.45, 7) is 0. The summed E-state index contributed by atoms with van der Waals surface area (Å²) in [7, 11) is 0. The third-order valence-electron chi connectivity index (χ3n) is 2.51. The summed E-state index contributed by atoms with van der Waals surface area (Å²) in [5, 5.41) is 0.551. The highest BCUT2D eigenvalue weighted by Crippen LogP contribution is 2.31. The fourth-order valence-electron chi connectivity index (χ4n) is 1.59. The first-order valence-electron chi connectivity index (χ1n) is 5.32. The summed E-state index contributed by atoms with van der Waals surface area (Å²) in [5.74, 6) is 0. The number of nitrogens with zero attached hydrogens (tertiary/aromatic N) is 1. The van der Waals surface area contributed by atoms with Crippen molar-refractivity contribution in [1.82, 2.24) is 4.98 Å². The molecule has 1 aromatic heterocycles. The van der Waals surface area contributed by atoms with Gasteiger partial charge in [0, 0.05) is 17.6 Å². The summed E-state index contributed by atoms with van der Waals surface area (Å²) in [4.78, 5) is 3.77. The fraction of sp³-hybridized carbons (Fsp3) is 0.154. The van der Waals surface area contributed by atoms with Crippen molar-refractivity contribution in [3.05, 3.63) is 63.4 Å². The molecule has 1 aromatic carbocycles. The second-order valence-electron chi connectivity index (χ2n) is 3.96. The Morgan fingerprint density at radius 3 is 2.42 bits per heavy atom. The first-order valence-corrected chi connectivity index (χ1v) is 6.08. The van der Waals surface area contributed by atoms with E-state index in [4.69, 9.17) is 23.2 Å². The molecule has 1 nitrogen and oxygen atoms in total. The Balaban J connectivity index is 2.27. The van der Waals surface area contributed by atoms with Gasteiger partial charge < -0.3 is 0 Å². The van der Waals surface area contributed by atoms with Gasteiger partial charge in [0.2, 0.25) is 0 Å². The van der Waals surface area contributed by atoms with Gasteiger partial charge in [0.1, 0.15) is 0 Å². The van der Waals surface area contributed by atoms with Crippen molar-refractivity contribution in [1.29, 1.82) is 0 Å². The van der Waals surface area contributed by atoms with Gasteiger partial charge in [0.05, 0.1) is 16.3 Å². The zero-order valence-electron chi connectivity index (χ0n) is 9.51. The molecule has 1 heterocycles. The Labute approximate surface area is 118 Å². The molecule has 0 amide bonds. The van der Waals surface area contributed by atoms with Crippen molar-refractivity contribution in [3.8, 4) is 0 Å². The Bertz CT molecular complexity index is 597. The number of hydrogen-bond donors (Lipinski definition) is 0. The van der Waals surface area contributed by atoms with Crippen molar-refractivity contribution < 1.29 is 13.2 Å². The van der Waals surface area contributed by atoms with Crippen LogP contribution in [-0.2, 0) is 12.6 Å². The van der Waals surface area contributed by atoms with Crippen LogP contribution in [0.25, 0.3) is 0 Å². The number of aromatic nitrogens is 1. The predicted molar refractivity (Wildman–Crippen MR) is 68.5 cm³/mol. The lowest BCUT2D eigenvalue weighted by molar-refractivity contribution is -0.137. The first kappa shape index (κ1) is 14.2. The van der Waals surface area contributed by atoms with Crippen LogP contribution < -0.4 is 0 Å². The van der Waals surface area contributed by atoms with Gasteiger partial charge in [-0.2, -0.15) is 13.2 Å². The molecule has 0 atom stereocenters. The Morgan fingerprint density at radius 1 is 1.11 bits per heavy atom. The molecule has 0 N–H and O–H groups in total. The minimum atomic E-state index is -4.44. The van der Waals surface area contributed by atoms with Crippen molar-refractivity contribution >= 4 is 23.2 Å². The molecule has 0 radical (unpaired) electrons. The molecule has 0 aliphatic heterocycles. The molecular formula is C13H8Cl2F3N. The van der Waals surface area contributed by atoms with Crippen LogP contribution in [0.1, 0.15) is 16.8 Å². The average Bonchev–Trinajstić information content (AvgIpc) is 2.30. The summed E-state index contributed by atoms with van der Waals surface area (Å²) < 4.78 is 37.4. The average molecular weight is 306 g/mol. The van der Waals surface area contributed by atoms with Crippen LogP contribution in [0.15, 0.2) is 36.5 Å². The molecule has 0 saturated carbocycles. The maximum absolute atomic E-state index is 12.5. The zero-order chi connectivity index (χ0) is 14.0. The van der Waals surface area contributed by atoms with E-state index in [0.29, 0.717) is 17.1 Å². The quantitative estimate of drug-likeness (QED) is 0.761. The molecule has 2 rings (SSSR count). The van der Waals surface area contributed by atoms with E-state index < -0.39 is 11.7 Å². The smallest absolute Gasteiger partial charge is 0.259 e. The summed E-state index contributed by atoms with van der Waals surface area (Å²) in [5.41, 5.74) is 0.367. The van der Waals surface area contributed by atoms with Gasteiger partial charge in [-0.1, -0.05) is 35.3 Å². The lowest BCUT2D eigenvalue weighted by Crippen LogP contribution is -2.06. The second-order valence-corrected chi connectivity index (χ2v) is 4.80.